The summed E-state index contributed by atoms with van der Waals surface area (Å²) in [6.07, 6.45) is 0. The second-order valence-electron chi connectivity index (χ2n) is 4.52. The Balaban J connectivity index is 2.40. The third-order valence-corrected chi connectivity index (χ3v) is 2.70. The normalized spacial score (nSPS) is 10.4. The maximum atomic E-state index is 11.7. The fraction of sp³-hybridized carbons (Fsp3) is 0.214. The van der Waals surface area contributed by atoms with E-state index in [1.54, 1.807) is 0 Å². The van der Waals surface area contributed by atoms with E-state index in [4.69, 9.17) is 5.11 Å². The van der Waals surface area contributed by atoms with E-state index in [-0.39, 0.29) is 17.8 Å². The van der Waals surface area contributed by atoms with Crippen LogP contribution < -0.4 is 5.56 Å². The van der Waals surface area contributed by atoms with E-state index in [1.807, 2.05) is 32.0 Å². The first-order valence-electron chi connectivity index (χ1n) is 5.84. The van der Waals surface area contributed by atoms with Crippen LogP contribution in [0.2, 0.25) is 0 Å². The van der Waals surface area contributed by atoms with Gasteiger partial charge in [-0.2, -0.15) is 5.10 Å². The molecule has 2 rings (SSSR count). The number of carbonyl (C=O) groups is 1. The van der Waals surface area contributed by atoms with Crippen molar-refractivity contribution in [2.75, 3.05) is 0 Å². The lowest BCUT2D eigenvalue weighted by Crippen LogP contribution is -2.24. The number of aryl methyl sites for hydroxylation is 2. The lowest BCUT2D eigenvalue weighted by molar-refractivity contribution is 0.0687. The van der Waals surface area contributed by atoms with Gasteiger partial charge in [0.1, 0.15) is 0 Å². The van der Waals surface area contributed by atoms with Crippen molar-refractivity contribution in [3.63, 3.8) is 0 Å². The summed E-state index contributed by atoms with van der Waals surface area (Å²) >= 11 is 0. The molecule has 0 aliphatic carbocycles. The molecule has 0 fully saturated rings. The van der Waals surface area contributed by atoms with Gasteiger partial charge in [0.15, 0.2) is 5.69 Å². The van der Waals surface area contributed by atoms with Gasteiger partial charge in [-0.3, -0.25) is 4.79 Å². The highest BCUT2D eigenvalue weighted by Gasteiger charge is 2.08. The number of nitrogens with zero attached hydrogens (tertiary/aromatic N) is 2. The van der Waals surface area contributed by atoms with Crippen LogP contribution in [0, 0.1) is 13.8 Å². The summed E-state index contributed by atoms with van der Waals surface area (Å²) in [5.41, 5.74) is 2.66. The molecular formula is C14H14N2O3. The highest BCUT2D eigenvalue weighted by atomic mass is 16.4. The van der Waals surface area contributed by atoms with Gasteiger partial charge < -0.3 is 5.11 Å². The number of rotatable bonds is 3. The summed E-state index contributed by atoms with van der Waals surface area (Å²) in [6, 6.07) is 8.37. The Morgan fingerprint density at radius 2 is 1.84 bits per heavy atom. The number of hydrogen-bond acceptors (Lipinski definition) is 3. The van der Waals surface area contributed by atoms with Crippen LogP contribution in [0.4, 0.5) is 0 Å². The van der Waals surface area contributed by atoms with Crippen molar-refractivity contribution in [1.82, 2.24) is 9.78 Å². The van der Waals surface area contributed by atoms with Crippen molar-refractivity contribution in [3.05, 3.63) is 63.1 Å². The van der Waals surface area contributed by atoms with Gasteiger partial charge in [-0.15, -0.1) is 0 Å². The van der Waals surface area contributed by atoms with Crippen LogP contribution in [0.25, 0.3) is 0 Å². The van der Waals surface area contributed by atoms with Crippen LogP contribution >= 0.6 is 0 Å². The summed E-state index contributed by atoms with van der Waals surface area (Å²) in [5.74, 6) is -1.14. The average molecular weight is 258 g/mol. The van der Waals surface area contributed by atoms with Gasteiger partial charge >= 0.3 is 5.97 Å². The van der Waals surface area contributed by atoms with E-state index in [0.29, 0.717) is 0 Å². The number of aromatic carboxylic acids is 1. The van der Waals surface area contributed by atoms with Gasteiger partial charge in [-0.1, -0.05) is 29.3 Å². The van der Waals surface area contributed by atoms with Crippen molar-refractivity contribution >= 4 is 5.97 Å². The van der Waals surface area contributed by atoms with E-state index in [2.05, 4.69) is 5.10 Å². The zero-order valence-electron chi connectivity index (χ0n) is 10.8. The molecule has 0 saturated heterocycles. The third kappa shape index (κ3) is 3.07. The summed E-state index contributed by atoms with van der Waals surface area (Å²) in [6.45, 7) is 4.21. The van der Waals surface area contributed by atoms with Gasteiger partial charge in [-0.05, 0) is 25.5 Å². The maximum Gasteiger partial charge on any atom is 0.356 e. The van der Waals surface area contributed by atoms with E-state index >= 15 is 0 Å². The molecule has 0 aliphatic heterocycles. The number of carboxylic acids is 1. The first-order chi connectivity index (χ1) is 8.95. The van der Waals surface area contributed by atoms with Crippen molar-refractivity contribution in [2.24, 2.45) is 0 Å². The third-order valence-electron chi connectivity index (χ3n) is 2.70. The number of benzene rings is 1. The Morgan fingerprint density at radius 3 is 2.42 bits per heavy atom. The van der Waals surface area contributed by atoms with Crippen LogP contribution in [0.15, 0.2) is 35.1 Å². The fourth-order valence-corrected chi connectivity index (χ4v) is 2.01. The summed E-state index contributed by atoms with van der Waals surface area (Å²) in [4.78, 5) is 22.5. The minimum absolute atomic E-state index is 0.135. The van der Waals surface area contributed by atoms with Crippen molar-refractivity contribution in [3.8, 4) is 0 Å². The second kappa shape index (κ2) is 5.06. The second-order valence-corrected chi connectivity index (χ2v) is 4.52. The van der Waals surface area contributed by atoms with Crippen molar-refractivity contribution in [1.29, 1.82) is 0 Å². The van der Waals surface area contributed by atoms with Gasteiger partial charge in [0.05, 0.1) is 6.54 Å². The van der Waals surface area contributed by atoms with E-state index in [9.17, 15) is 9.59 Å². The molecule has 19 heavy (non-hydrogen) atoms. The molecule has 98 valence electrons. The van der Waals surface area contributed by atoms with Crippen LogP contribution in [0.5, 0.6) is 0 Å². The minimum Gasteiger partial charge on any atom is -0.476 e. The minimum atomic E-state index is -1.14. The lowest BCUT2D eigenvalue weighted by atomic mass is 10.1. The molecule has 5 nitrogen and oxygen atoms in total. The van der Waals surface area contributed by atoms with Crippen LogP contribution in [0.3, 0.4) is 0 Å². The van der Waals surface area contributed by atoms with Crippen LogP contribution in [0.1, 0.15) is 27.2 Å². The van der Waals surface area contributed by atoms with Gasteiger partial charge in [0.2, 0.25) is 0 Å². The molecule has 5 heteroatoms. The highest BCUT2D eigenvalue weighted by Crippen LogP contribution is 2.09. The maximum absolute atomic E-state index is 11.7. The molecule has 1 heterocycles. The molecule has 0 radical (unpaired) electrons. The smallest absolute Gasteiger partial charge is 0.356 e. The van der Waals surface area contributed by atoms with E-state index in [1.165, 1.54) is 12.1 Å². The predicted molar refractivity (Wildman–Crippen MR) is 70.5 cm³/mol. The number of aromatic nitrogens is 2. The van der Waals surface area contributed by atoms with Crippen molar-refractivity contribution < 1.29 is 9.90 Å². The Bertz CT molecular complexity index is 669. The Hall–Kier alpha value is -2.43. The monoisotopic (exact) mass is 258 g/mol. The molecule has 0 saturated carbocycles. The summed E-state index contributed by atoms with van der Waals surface area (Å²) < 4.78 is 1.16. The Labute approximate surface area is 110 Å². The summed E-state index contributed by atoms with van der Waals surface area (Å²) in [5, 5.41) is 12.7. The van der Waals surface area contributed by atoms with E-state index < -0.39 is 5.97 Å². The SMILES string of the molecule is Cc1cc(C)cc(Cn2nc(C(=O)O)ccc2=O)c1. The molecule has 1 aromatic carbocycles. The highest BCUT2D eigenvalue weighted by molar-refractivity contribution is 5.84. The topological polar surface area (TPSA) is 72.2 Å². The molecule has 0 atom stereocenters. The molecular weight excluding hydrogens is 244 g/mol. The molecule has 0 amide bonds. The first kappa shape index (κ1) is 13.0. The molecule has 2 aromatic rings. The number of hydrogen-bond donors (Lipinski definition) is 1. The Morgan fingerprint density at radius 1 is 1.21 bits per heavy atom. The van der Waals surface area contributed by atoms with Crippen molar-refractivity contribution in [2.45, 2.75) is 20.4 Å². The zero-order valence-corrected chi connectivity index (χ0v) is 10.8. The van der Waals surface area contributed by atoms with E-state index in [0.717, 1.165) is 21.4 Å². The quantitative estimate of drug-likeness (QED) is 0.907. The average Bonchev–Trinajstić information content (AvgIpc) is 2.30. The van der Waals surface area contributed by atoms with Crippen LogP contribution in [-0.4, -0.2) is 20.9 Å². The van der Waals surface area contributed by atoms with Gasteiger partial charge in [0, 0.05) is 6.07 Å². The molecule has 0 bridgehead atoms. The lowest BCUT2D eigenvalue weighted by Gasteiger charge is -2.07. The number of carboxylic acid groups (broad SMARTS) is 1. The fourth-order valence-electron chi connectivity index (χ4n) is 2.01. The molecule has 0 spiro atoms. The zero-order chi connectivity index (χ0) is 14.0. The van der Waals surface area contributed by atoms with Gasteiger partial charge in [-0.25, -0.2) is 9.48 Å². The Kier molecular flexibility index (Phi) is 3.46. The summed E-state index contributed by atoms with van der Waals surface area (Å²) in [7, 11) is 0. The predicted octanol–water partition coefficient (Wildman–Crippen LogP) is 1.61. The van der Waals surface area contributed by atoms with Crippen LogP contribution in [-0.2, 0) is 6.54 Å². The largest absolute Gasteiger partial charge is 0.476 e. The molecule has 1 aromatic heterocycles. The molecule has 1 N–H and O–H groups in total. The molecule has 0 aliphatic rings. The standard InChI is InChI=1S/C14H14N2O3/c1-9-5-10(2)7-11(6-9)8-16-13(17)4-3-12(15-16)14(18)19/h3-7H,8H2,1-2H3,(H,18,19). The first-order valence-corrected chi connectivity index (χ1v) is 5.84. The van der Waals surface area contributed by atoms with Gasteiger partial charge in [0.25, 0.3) is 5.56 Å². The molecule has 0 unspecified atom stereocenters.